The predicted octanol–water partition coefficient (Wildman–Crippen LogP) is 2.16. The first-order valence-corrected chi connectivity index (χ1v) is 14.2. The van der Waals surface area contributed by atoms with Crippen LogP contribution in [0.3, 0.4) is 0 Å². The van der Waals surface area contributed by atoms with Gasteiger partial charge in [-0.25, -0.2) is 4.39 Å². The standard InChI is InChI=1S/C29H44FN3O5/c1-20-23(10-7-11-26(20)30)27-24(28(36)32-12-5-3-8-21(32)18-34)16-31(14-15-38-2)17-25(27)29(37)33-13-6-4-9-22(33)19-35/h7,10-11,21-22,24-25,27,34-35H,3-6,8-9,12-19H2,1-2H3/t21-,22+,24+,25-,27-. The van der Waals surface area contributed by atoms with Gasteiger partial charge in [-0.3, -0.25) is 14.5 Å². The largest absolute Gasteiger partial charge is 0.394 e. The van der Waals surface area contributed by atoms with E-state index in [1.807, 2.05) is 6.07 Å². The third kappa shape index (κ3) is 6.06. The van der Waals surface area contributed by atoms with Crippen LogP contribution in [0.2, 0.25) is 0 Å². The topological polar surface area (TPSA) is 93.6 Å². The van der Waals surface area contributed by atoms with E-state index in [-0.39, 0.29) is 42.9 Å². The van der Waals surface area contributed by atoms with E-state index in [2.05, 4.69) is 4.90 Å². The Labute approximate surface area is 225 Å². The number of hydrogen-bond acceptors (Lipinski definition) is 6. The van der Waals surface area contributed by atoms with Gasteiger partial charge in [-0.15, -0.1) is 0 Å². The van der Waals surface area contributed by atoms with Gasteiger partial charge in [0.05, 0.1) is 43.7 Å². The van der Waals surface area contributed by atoms with Gasteiger partial charge in [-0.1, -0.05) is 12.1 Å². The quantitative estimate of drug-likeness (QED) is 0.532. The van der Waals surface area contributed by atoms with Gasteiger partial charge in [0.2, 0.25) is 11.8 Å². The van der Waals surface area contributed by atoms with Gasteiger partial charge >= 0.3 is 0 Å². The Bertz CT molecular complexity index is 916. The Kier molecular flexibility index (Phi) is 10.1. The Hall–Kier alpha value is -2.07. The fourth-order valence-corrected chi connectivity index (χ4v) is 6.81. The molecule has 3 heterocycles. The maximum absolute atomic E-state index is 14.9. The van der Waals surface area contributed by atoms with Gasteiger partial charge in [0.25, 0.3) is 0 Å². The molecule has 1 aromatic carbocycles. The van der Waals surface area contributed by atoms with Crippen molar-refractivity contribution in [1.82, 2.24) is 14.7 Å². The first-order valence-electron chi connectivity index (χ1n) is 14.2. The predicted molar refractivity (Wildman–Crippen MR) is 142 cm³/mol. The number of carbonyl (C=O) groups excluding carboxylic acids is 2. The molecule has 0 spiro atoms. The van der Waals surface area contributed by atoms with Gasteiger partial charge in [0.1, 0.15) is 5.82 Å². The zero-order chi connectivity index (χ0) is 27.2. The highest BCUT2D eigenvalue weighted by molar-refractivity contribution is 5.85. The lowest BCUT2D eigenvalue weighted by atomic mass is 9.70. The van der Waals surface area contributed by atoms with Crippen molar-refractivity contribution in [2.24, 2.45) is 11.8 Å². The average molecular weight is 534 g/mol. The van der Waals surface area contributed by atoms with Crippen molar-refractivity contribution in [2.45, 2.75) is 63.5 Å². The van der Waals surface area contributed by atoms with E-state index < -0.39 is 17.8 Å². The van der Waals surface area contributed by atoms with Crippen molar-refractivity contribution in [3.05, 3.63) is 35.1 Å². The van der Waals surface area contributed by atoms with Crippen LogP contribution in [0.15, 0.2) is 18.2 Å². The van der Waals surface area contributed by atoms with Crippen LogP contribution in [-0.2, 0) is 14.3 Å². The van der Waals surface area contributed by atoms with Gasteiger partial charge in [-0.2, -0.15) is 0 Å². The molecule has 1 aromatic rings. The summed E-state index contributed by atoms with van der Waals surface area (Å²) >= 11 is 0. The lowest BCUT2D eigenvalue weighted by Gasteiger charge is -2.48. The molecule has 5 atom stereocenters. The number of benzene rings is 1. The lowest BCUT2D eigenvalue weighted by molar-refractivity contribution is -0.150. The zero-order valence-electron chi connectivity index (χ0n) is 22.9. The van der Waals surface area contributed by atoms with Crippen molar-refractivity contribution >= 4 is 11.8 Å². The maximum Gasteiger partial charge on any atom is 0.227 e. The minimum atomic E-state index is -0.570. The third-order valence-corrected chi connectivity index (χ3v) is 8.93. The number of piperidine rings is 3. The molecule has 4 rings (SSSR count). The van der Waals surface area contributed by atoms with Crippen LogP contribution in [0.25, 0.3) is 0 Å². The van der Waals surface area contributed by atoms with Crippen molar-refractivity contribution in [3.8, 4) is 0 Å². The smallest absolute Gasteiger partial charge is 0.227 e. The van der Waals surface area contributed by atoms with E-state index in [1.54, 1.807) is 29.9 Å². The number of amides is 2. The number of halogens is 1. The molecule has 38 heavy (non-hydrogen) atoms. The second-order valence-corrected chi connectivity index (χ2v) is 11.2. The number of hydrogen-bond donors (Lipinski definition) is 2. The van der Waals surface area contributed by atoms with E-state index in [0.29, 0.717) is 50.5 Å². The maximum atomic E-state index is 14.9. The molecular formula is C29H44FN3O5. The summed E-state index contributed by atoms with van der Waals surface area (Å²) in [6, 6.07) is 4.45. The fraction of sp³-hybridized carbons (Fsp3) is 0.724. The van der Waals surface area contributed by atoms with Crippen LogP contribution in [0, 0.1) is 24.6 Å². The summed E-state index contributed by atoms with van der Waals surface area (Å²) in [6.45, 7) is 4.60. The molecule has 0 unspecified atom stereocenters. The number of ether oxygens (including phenoxy) is 1. The number of methoxy groups -OCH3 is 1. The molecule has 3 aliphatic rings. The molecule has 9 heteroatoms. The molecule has 3 aliphatic heterocycles. The molecule has 3 fully saturated rings. The molecule has 2 N–H and O–H groups in total. The highest BCUT2D eigenvalue weighted by Crippen LogP contribution is 2.42. The molecule has 0 bridgehead atoms. The number of aliphatic hydroxyl groups is 2. The van der Waals surface area contributed by atoms with Gasteiger partial charge < -0.3 is 24.7 Å². The SMILES string of the molecule is COCCN1C[C@H](C(=O)N2CCCC[C@@H]2CO)[C@@H](c2cccc(F)c2C)[C@H](C(=O)N2CCCC[C@H]2CO)C1. The van der Waals surface area contributed by atoms with Crippen LogP contribution in [0.5, 0.6) is 0 Å². The number of rotatable bonds is 8. The molecule has 8 nitrogen and oxygen atoms in total. The average Bonchev–Trinajstić information content (AvgIpc) is 2.96. The lowest BCUT2D eigenvalue weighted by Crippen LogP contribution is -2.59. The van der Waals surface area contributed by atoms with E-state index in [1.165, 1.54) is 6.07 Å². The van der Waals surface area contributed by atoms with Crippen LogP contribution in [-0.4, -0.2) is 108 Å². The monoisotopic (exact) mass is 533 g/mol. The van der Waals surface area contributed by atoms with E-state index >= 15 is 0 Å². The number of carbonyl (C=O) groups is 2. The second kappa shape index (κ2) is 13.3. The van der Waals surface area contributed by atoms with E-state index in [0.717, 1.165) is 38.5 Å². The van der Waals surface area contributed by atoms with Crippen molar-refractivity contribution < 1.29 is 28.9 Å². The first-order chi connectivity index (χ1) is 18.4. The summed E-state index contributed by atoms with van der Waals surface area (Å²) in [5, 5.41) is 20.1. The minimum absolute atomic E-state index is 0.0744. The van der Waals surface area contributed by atoms with Crippen molar-refractivity contribution in [2.75, 3.05) is 59.7 Å². The first kappa shape index (κ1) is 28.9. The Morgan fingerprint density at radius 1 is 0.947 bits per heavy atom. The molecule has 3 saturated heterocycles. The Balaban J connectivity index is 1.78. The summed E-state index contributed by atoms with van der Waals surface area (Å²) < 4.78 is 20.2. The summed E-state index contributed by atoms with van der Waals surface area (Å²) in [7, 11) is 1.63. The molecule has 0 radical (unpaired) electrons. The highest BCUT2D eigenvalue weighted by Gasteiger charge is 2.48. The molecule has 212 valence electrons. The zero-order valence-corrected chi connectivity index (χ0v) is 22.9. The van der Waals surface area contributed by atoms with Gasteiger partial charge in [0, 0.05) is 45.8 Å². The molecule has 0 saturated carbocycles. The van der Waals surface area contributed by atoms with E-state index in [9.17, 15) is 24.2 Å². The molecular weight excluding hydrogens is 489 g/mol. The molecule has 2 amide bonds. The fourth-order valence-electron chi connectivity index (χ4n) is 6.81. The van der Waals surface area contributed by atoms with Gasteiger partial charge in [0.15, 0.2) is 0 Å². The number of aliphatic hydroxyl groups excluding tert-OH is 2. The summed E-state index contributed by atoms with van der Waals surface area (Å²) in [5.41, 5.74) is 1.16. The molecule has 0 aliphatic carbocycles. The van der Waals surface area contributed by atoms with Crippen molar-refractivity contribution in [1.29, 1.82) is 0 Å². The van der Waals surface area contributed by atoms with Gasteiger partial charge in [-0.05, 0) is 62.6 Å². The van der Waals surface area contributed by atoms with Crippen LogP contribution in [0.4, 0.5) is 4.39 Å². The number of nitrogens with zero attached hydrogens (tertiary/aromatic N) is 3. The normalized spacial score (nSPS) is 28.9. The summed E-state index contributed by atoms with van der Waals surface area (Å²) in [4.78, 5) is 34.3. The highest BCUT2D eigenvalue weighted by atomic mass is 19.1. The summed E-state index contributed by atoms with van der Waals surface area (Å²) in [5.74, 6) is -2.14. The van der Waals surface area contributed by atoms with Crippen LogP contribution < -0.4 is 0 Å². The van der Waals surface area contributed by atoms with Crippen molar-refractivity contribution in [3.63, 3.8) is 0 Å². The number of likely N-dealkylation sites (tertiary alicyclic amines) is 3. The Morgan fingerprint density at radius 3 is 2.00 bits per heavy atom. The van der Waals surface area contributed by atoms with Crippen LogP contribution >= 0.6 is 0 Å². The minimum Gasteiger partial charge on any atom is -0.394 e. The molecule has 0 aromatic heterocycles. The summed E-state index contributed by atoms with van der Waals surface area (Å²) in [6.07, 6.45) is 5.18. The Morgan fingerprint density at radius 2 is 1.50 bits per heavy atom. The second-order valence-electron chi connectivity index (χ2n) is 11.2. The third-order valence-electron chi connectivity index (χ3n) is 8.93. The van der Waals surface area contributed by atoms with E-state index in [4.69, 9.17) is 4.74 Å². The van der Waals surface area contributed by atoms with Crippen LogP contribution in [0.1, 0.15) is 55.6 Å².